The Kier molecular flexibility index (Phi) is 31.5. The van der Waals surface area contributed by atoms with Crippen molar-refractivity contribution >= 4 is 28.9 Å². The number of rotatable bonds is 25. The molecule has 0 aromatic carbocycles. The summed E-state index contributed by atoms with van der Waals surface area (Å²) < 4.78 is 28.9. The minimum absolute atomic E-state index is 0.0670. The summed E-state index contributed by atoms with van der Waals surface area (Å²) in [5.74, 6) is 5.29. The lowest BCUT2D eigenvalue weighted by Crippen LogP contribution is -2.09. The quantitative estimate of drug-likeness (QED) is 0.0480. The second-order valence-electron chi connectivity index (χ2n) is 29.1. The Balaban J connectivity index is 0.000000152. The van der Waals surface area contributed by atoms with Gasteiger partial charge in [0.1, 0.15) is 86.0 Å². The molecule has 0 saturated carbocycles. The van der Waals surface area contributed by atoms with Crippen LogP contribution in [0.15, 0.2) is 250 Å². The molecule has 0 aliphatic rings. The average Bonchev–Trinajstić information content (AvgIpc) is 0.851. The lowest BCUT2D eigenvalue weighted by Gasteiger charge is -2.09. The number of aromatic nitrogens is 15. The van der Waals surface area contributed by atoms with Crippen LogP contribution in [-0.4, -0.2) is 104 Å². The van der Waals surface area contributed by atoms with Crippen LogP contribution >= 0.6 is 0 Å². The molecule has 26 heteroatoms. The summed E-state index contributed by atoms with van der Waals surface area (Å²) in [4.78, 5) is 127. The van der Waals surface area contributed by atoms with Crippen molar-refractivity contribution in [3.05, 3.63) is 386 Å². The predicted molar refractivity (Wildman–Crippen MR) is 470 cm³/mol. The fourth-order valence-electron chi connectivity index (χ4n) is 12.0. The largest absolute Gasteiger partial charge is 0.456 e. The molecule has 0 amide bonds. The third-order valence-electron chi connectivity index (χ3n) is 18.1. The van der Waals surface area contributed by atoms with Gasteiger partial charge in [-0.2, -0.15) is 5.26 Å². The topological polar surface area (TPSA) is 349 Å². The van der Waals surface area contributed by atoms with Crippen molar-refractivity contribution in [2.75, 3.05) is 0 Å². The van der Waals surface area contributed by atoms with Gasteiger partial charge in [-0.25, -0.2) is 24.9 Å². The fraction of sp³-hybridized carbons (Fsp3) is 0.182. The maximum atomic E-state index is 12.6. The zero-order chi connectivity index (χ0) is 88.9. The molecule has 15 rings (SSSR count). The number of hydrogen-bond acceptors (Lipinski definition) is 26. The van der Waals surface area contributed by atoms with Gasteiger partial charge in [-0.3, -0.25) is 73.8 Å². The van der Waals surface area contributed by atoms with Crippen molar-refractivity contribution in [3.63, 3.8) is 0 Å². The molecule has 0 atom stereocenters. The maximum absolute atomic E-state index is 12.6. The molecule has 15 aromatic heterocycles. The van der Waals surface area contributed by atoms with Crippen LogP contribution in [0.4, 0.5) is 0 Å². The van der Waals surface area contributed by atoms with Gasteiger partial charge in [0.2, 0.25) is 0 Å². The molecule has 626 valence electrons. The monoisotopic (exact) mass is 1660 g/mol. The molecule has 0 unspecified atom stereocenters. The van der Waals surface area contributed by atoms with Gasteiger partial charge in [0, 0.05) is 176 Å². The first-order valence-electron chi connectivity index (χ1n) is 39.8. The van der Waals surface area contributed by atoms with E-state index in [1.807, 2.05) is 192 Å². The highest BCUT2D eigenvalue weighted by Gasteiger charge is 2.20. The molecular formula is C99H90N16O10. The molecule has 125 heavy (non-hydrogen) atoms. The van der Waals surface area contributed by atoms with Crippen LogP contribution in [0.3, 0.4) is 0 Å². The van der Waals surface area contributed by atoms with Gasteiger partial charge in [0.05, 0.1) is 74.7 Å². The maximum Gasteiger partial charge on any atom is 0.187 e. The third kappa shape index (κ3) is 28.9. The summed E-state index contributed by atoms with van der Waals surface area (Å²) in [6.45, 7) is 24.5. The first kappa shape index (κ1) is 89.9. The van der Waals surface area contributed by atoms with Crippen LogP contribution in [0.5, 0.6) is 57.5 Å². The smallest absolute Gasteiger partial charge is 0.187 e. The molecule has 0 radical (unpaired) electrons. The van der Waals surface area contributed by atoms with E-state index in [1.165, 1.54) is 6.20 Å². The summed E-state index contributed by atoms with van der Waals surface area (Å²) in [7, 11) is 0. The summed E-state index contributed by atoms with van der Waals surface area (Å²) in [5.41, 5.74) is 16.7. The number of aryl methyl sites for hydroxylation is 13. The van der Waals surface area contributed by atoms with Crippen molar-refractivity contribution in [2.45, 2.75) is 122 Å². The number of ether oxygens (including phenoxy) is 5. The van der Waals surface area contributed by atoms with Crippen molar-refractivity contribution in [2.24, 2.45) is 0 Å². The Morgan fingerprint density at radius 1 is 0.256 bits per heavy atom. The molecule has 0 fully saturated rings. The van der Waals surface area contributed by atoms with Crippen molar-refractivity contribution in [3.8, 4) is 63.6 Å². The Labute approximate surface area is 724 Å². The number of hydrogen-bond donors (Lipinski definition) is 0. The Morgan fingerprint density at radius 3 is 0.832 bits per heavy atom. The highest BCUT2D eigenvalue weighted by Crippen LogP contribution is 2.29. The molecule has 0 aliphatic heterocycles. The van der Waals surface area contributed by atoms with E-state index in [4.69, 9.17) is 28.9 Å². The minimum Gasteiger partial charge on any atom is -0.456 e. The van der Waals surface area contributed by atoms with Crippen LogP contribution in [0.2, 0.25) is 0 Å². The van der Waals surface area contributed by atoms with E-state index in [-0.39, 0.29) is 61.0 Å². The van der Waals surface area contributed by atoms with Crippen molar-refractivity contribution < 1.29 is 47.7 Å². The van der Waals surface area contributed by atoms with E-state index < -0.39 is 0 Å². The van der Waals surface area contributed by atoms with E-state index in [0.29, 0.717) is 103 Å². The van der Waals surface area contributed by atoms with Gasteiger partial charge < -0.3 is 23.7 Å². The molecular weight excluding hydrogens is 1570 g/mol. The molecule has 0 spiro atoms. The lowest BCUT2D eigenvalue weighted by molar-refractivity contribution is 0.0978. The second kappa shape index (κ2) is 43.9. The SMILES string of the molecule is Cc1ccc(Oc2cc(C)nc(C(=O)Cc3cc(C#N)ccn3)c2)cn1.Cc1ccc(Oc2cc(C)nc(C(=O)Cc3ccc(C)c(C)n3)c2)cn1.Cc1ccc(Oc2cc(C)nc(C(=O)Cc3cccc(C)n3)c2)cn1.Cc1cccc(CC(=O)c2cc(Oc3cccnc3)cc(C)n2)n1.Cc1cccc(CC(=O)c2cc(Oc3cccnc3)cc(C)n2)n1. The Hall–Kier alpha value is -15.9. The van der Waals surface area contributed by atoms with Gasteiger partial charge in [0.25, 0.3) is 0 Å². The first-order chi connectivity index (χ1) is 60.1. The predicted octanol–water partition coefficient (Wildman–Crippen LogP) is 19.3. The standard InChI is InChI=1S/C21H21N3O2.C20H16N4O2.C20H19N3O2.2C19H17N3O2/c1-13-5-7-17(24-16(13)4)10-21(25)20-11-19(9-15(3)23-20)26-18-8-6-14(2)22-12-18;1-13-3-4-17(12-23-13)26-18-7-14(2)24-19(10-18)20(25)9-16-8-15(11-21)5-6-22-16;1-13-7-8-17(12-21-13)25-18-9-15(3)23-19(11-18)20(24)10-16-6-4-5-14(2)22-16;2*1-13-5-3-6-15(21-13)10-19(23)18-11-17(9-14(2)22-18)24-16-7-4-8-20-12-16/h5-9,11-12H,10H2,1-4H3;3-8,10,12H,9H2,1-2H3;4-9,11-12H,10H2,1-3H3;2*3-9,11-12H,10H2,1-2H3. The fourth-order valence-corrected chi connectivity index (χ4v) is 12.0. The van der Waals surface area contributed by atoms with Crippen LogP contribution in [0, 0.1) is 101 Å². The molecule has 0 aliphatic carbocycles. The molecule has 0 bridgehead atoms. The number of ketones is 5. The molecule has 0 N–H and O–H groups in total. The number of carbonyl (C=O) groups excluding carboxylic acids is 5. The summed E-state index contributed by atoms with van der Waals surface area (Å²) in [6, 6.07) is 61.5. The Bertz CT molecular complexity index is 6210. The highest BCUT2D eigenvalue weighted by molar-refractivity contribution is 5.98. The highest BCUT2D eigenvalue weighted by atomic mass is 16.5. The van der Waals surface area contributed by atoms with Crippen LogP contribution in [0.25, 0.3) is 0 Å². The summed E-state index contributed by atoms with van der Waals surface area (Å²) >= 11 is 0. The summed E-state index contributed by atoms with van der Waals surface area (Å²) in [5, 5.41) is 8.95. The minimum atomic E-state index is -0.192. The second-order valence-corrected chi connectivity index (χ2v) is 29.1. The van der Waals surface area contributed by atoms with E-state index in [1.54, 1.807) is 147 Å². The number of nitriles is 1. The molecule has 26 nitrogen and oxygen atoms in total. The number of carbonyl (C=O) groups is 5. The van der Waals surface area contributed by atoms with E-state index in [2.05, 4.69) is 74.8 Å². The molecule has 15 aromatic rings. The Morgan fingerprint density at radius 2 is 0.560 bits per heavy atom. The van der Waals surface area contributed by atoms with E-state index in [0.717, 1.165) is 91.0 Å². The van der Waals surface area contributed by atoms with E-state index >= 15 is 0 Å². The summed E-state index contributed by atoms with van der Waals surface area (Å²) in [6.07, 6.45) is 14.0. The average molecular weight is 1660 g/mol. The van der Waals surface area contributed by atoms with Gasteiger partial charge in [0.15, 0.2) is 28.9 Å². The van der Waals surface area contributed by atoms with Crippen molar-refractivity contribution in [1.82, 2.24) is 74.8 Å². The van der Waals surface area contributed by atoms with E-state index in [9.17, 15) is 24.0 Å². The van der Waals surface area contributed by atoms with Crippen LogP contribution < -0.4 is 23.7 Å². The van der Waals surface area contributed by atoms with Gasteiger partial charge in [-0.1, -0.05) is 24.3 Å². The van der Waals surface area contributed by atoms with Crippen molar-refractivity contribution in [1.29, 1.82) is 5.26 Å². The van der Waals surface area contributed by atoms with Crippen LogP contribution in [0.1, 0.15) is 160 Å². The van der Waals surface area contributed by atoms with Gasteiger partial charge in [-0.15, -0.1) is 0 Å². The number of Topliss-reactive ketones (excluding diaryl/α,β-unsaturated/α-hetero) is 5. The lowest BCUT2D eigenvalue weighted by atomic mass is 10.1. The zero-order valence-electron chi connectivity index (χ0n) is 71.4. The normalized spacial score (nSPS) is 10.4. The van der Waals surface area contributed by atoms with Crippen LogP contribution in [-0.2, 0) is 32.1 Å². The molecule has 15 heterocycles. The first-order valence-corrected chi connectivity index (χ1v) is 39.8. The third-order valence-corrected chi connectivity index (χ3v) is 18.1. The zero-order valence-corrected chi connectivity index (χ0v) is 71.4. The molecule has 0 saturated heterocycles. The number of nitrogens with zero attached hydrogens (tertiary/aromatic N) is 16. The van der Waals surface area contributed by atoms with Gasteiger partial charge in [-0.05, 0) is 211 Å². The van der Waals surface area contributed by atoms with Gasteiger partial charge >= 0.3 is 0 Å². The number of pyridine rings is 15.